The predicted octanol–water partition coefficient (Wildman–Crippen LogP) is 6.42. The maximum Gasteiger partial charge on any atom is 0.279 e. The second kappa shape index (κ2) is 12.8. The van der Waals surface area contributed by atoms with E-state index in [1.54, 1.807) is 0 Å². The first-order chi connectivity index (χ1) is 24.6. The van der Waals surface area contributed by atoms with Crippen molar-refractivity contribution in [3.8, 4) is 0 Å². The fourth-order valence-corrected chi connectivity index (χ4v) is 11.2. The van der Waals surface area contributed by atoms with E-state index in [2.05, 4.69) is 139 Å². The Labute approximate surface area is 305 Å². The number of unbranched alkanes of at least 4 members (excludes halogenated alkanes) is 1. The van der Waals surface area contributed by atoms with Gasteiger partial charge in [-0.3, -0.25) is 0 Å². The lowest BCUT2D eigenvalue weighted by atomic mass is 9.51. The van der Waals surface area contributed by atoms with Crippen LogP contribution in [-0.4, -0.2) is 43.1 Å². The fourth-order valence-electron chi connectivity index (χ4n) is 9.27. The van der Waals surface area contributed by atoms with Crippen molar-refractivity contribution in [2.75, 3.05) is 34.2 Å². The molecule has 1 aliphatic carbocycles. The van der Waals surface area contributed by atoms with Gasteiger partial charge >= 0.3 is 0 Å². The molecule has 9 rings (SSSR count). The normalized spacial score (nSPS) is 18.5. The van der Waals surface area contributed by atoms with Gasteiger partial charge in [-0.15, -0.1) is 0 Å². The summed E-state index contributed by atoms with van der Waals surface area (Å²) < 4.78 is 0. The van der Waals surface area contributed by atoms with Crippen molar-refractivity contribution in [1.29, 1.82) is 0 Å². The fraction of sp³-hybridized carbons (Fsp3) is 0.286. The highest BCUT2D eigenvalue weighted by Crippen LogP contribution is 2.53. The molecule has 0 aromatic heterocycles. The summed E-state index contributed by atoms with van der Waals surface area (Å²) in [5, 5.41) is 9.12. The van der Waals surface area contributed by atoms with Gasteiger partial charge in [-0.05, 0) is 98.8 Å². The number of nitrogens with two attached hydrogens (primary N) is 1. The molecule has 250 valence electrons. The van der Waals surface area contributed by atoms with Crippen LogP contribution in [0.5, 0.6) is 0 Å². The average molecular weight is 691 g/mol. The molecule has 3 unspecified atom stereocenters. The van der Waals surface area contributed by atoms with E-state index < -0.39 is 0 Å². The third-order valence-corrected chi connectivity index (χ3v) is 13.4. The Balaban J connectivity index is 1.38. The summed E-state index contributed by atoms with van der Waals surface area (Å²) in [6, 6.07) is 35.3. The third-order valence-electron chi connectivity index (χ3n) is 11.4. The SMILES string of the molecule is CCCCNc1ccc2c(c1)B(SC)c1c3c(cc4ccccc14)N1c4ccc(C(N)CCC)cc4B(SC)C4=c5ccccc5=CC(C41)N23. The molecule has 0 radical (unpaired) electrons. The van der Waals surface area contributed by atoms with Crippen LogP contribution in [0.4, 0.5) is 28.4 Å². The van der Waals surface area contributed by atoms with Gasteiger partial charge in [-0.1, -0.05) is 98.9 Å². The van der Waals surface area contributed by atoms with Crippen molar-refractivity contribution in [1.82, 2.24) is 0 Å². The zero-order valence-corrected chi connectivity index (χ0v) is 31.1. The van der Waals surface area contributed by atoms with E-state index in [0.29, 0.717) is 0 Å². The molecule has 0 fully saturated rings. The lowest BCUT2D eigenvalue weighted by Crippen LogP contribution is -2.67. The van der Waals surface area contributed by atoms with Gasteiger partial charge in [0.25, 0.3) is 12.0 Å². The molecule has 4 nitrogen and oxygen atoms in total. The average Bonchev–Trinajstić information content (AvgIpc) is 3.15. The van der Waals surface area contributed by atoms with Crippen molar-refractivity contribution >= 4 is 102 Å². The predicted molar refractivity (Wildman–Crippen MR) is 225 cm³/mol. The van der Waals surface area contributed by atoms with E-state index in [1.165, 1.54) is 89.9 Å². The minimum absolute atomic E-state index is 0.0423. The highest BCUT2D eigenvalue weighted by molar-refractivity contribution is 8.28. The van der Waals surface area contributed by atoms with Gasteiger partial charge in [-0.2, -0.15) is 0 Å². The van der Waals surface area contributed by atoms with Crippen LogP contribution in [0.2, 0.25) is 0 Å². The van der Waals surface area contributed by atoms with Crippen LogP contribution in [0.25, 0.3) is 22.3 Å². The highest BCUT2D eigenvalue weighted by atomic mass is 32.2. The number of hydrogen-bond donors (Lipinski definition) is 2. The first-order valence-electron chi connectivity index (χ1n) is 18.4. The van der Waals surface area contributed by atoms with Gasteiger partial charge in [0, 0.05) is 29.6 Å². The maximum atomic E-state index is 6.81. The lowest BCUT2D eigenvalue weighted by molar-refractivity contribution is 0.638. The summed E-state index contributed by atoms with van der Waals surface area (Å²) in [6.07, 6.45) is 11.6. The molecule has 3 aliphatic heterocycles. The van der Waals surface area contributed by atoms with Gasteiger partial charge in [0.1, 0.15) is 0 Å². The highest BCUT2D eigenvalue weighted by Gasteiger charge is 2.53. The van der Waals surface area contributed by atoms with E-state index in [0.717, 1.165) is 19.4 Å². The van der Waals surface area contributed by atoms with Crippen molar-refractivity contribution in [2.24, 2.45) is 5.73 Å². The Morgan fingerprint density at radius 2 is 1.56 bits per heavy atom. The summed E-state index contributed by atoms with van der Waals surface area (Å²) in [5.74, 6) is 0.440. The van der Waals surface area contributed by atoms with Crippen molar-refractivity contribution in [3.05, 3.63) is 107 Å². The molecule has 50 heavy (non-hydrogen) atoms. The Kier molecular flexibility index (Phi) is 8.25. The minimum Gasteiger partial charge on any atom is -0.385 e. The molecule has 0 saturated carbocycles. The molecule has 0 amide bonds. The topological polar surface area (TPSA) is 44.5 Å². The number of nitrogens with one attached hydrogen (secondary N) is 1. The zero-order valence-electron chi connectivity index (χ0n) is 29.4. The van der Waals surface area contributed by atoms with Gasteiger partial charge < -0.3 is 20.9 Å². The van der Waals surface area contributed by atoms with Gasteiger partial charge in [-0.25, -0.2) is 23.2 Å². The molecule has 4 aliphatic rings. The van der Waals surface area contributed by atoms with E-state index in [4.69, 9.17) is 5.73 Å². The third kappa shape index (κ3) is 4.74. The second-order valence-electron chi connectivity index (χ2n) is 14.3. The number of nitrogens with zero attached hydrogens (tertiary/aromatic N) is 2. The Morgan fingerprint density at radius 1 is 0.800 bits per heavy atom. The van der Waals surface area contributed by atoms with Crippen LogP contribution in [0.3, 0.4) is 0 Å². The van der Waals surface area contributed by atoms with Crippen LogP contribution >= 0.6 is 23.2 Å². The van der Waals surface area contributed by atoms with Crippen LogP contribution in [-0.2, 0) is 0 Å². The Morgan fingerprint density at radius 3 is 2.38 bits per heavy atom. The van der Waals surface area contributed by atoms with Gasteiger partial charge in [0.15, 0.2) is 0 Å². The largest absolute Gasteiger partial charge is 0.385 e. The first kappa shape index (κ1) is 32.2. The van der Waals surface area contributed by atoms with Crippen LogP contribution in [0.15, 0.2) is 91.0 Å². The summed E-state index contributed by atoms with van der Waals surface area (Å²) in [4.78, 5) is 5.47. The van der Waals surface area contributed by atoms with Crippen LogP contribution in [0, 0.1) is 0 Å². The van der Waals surface area contributed by atoms with Crippen molar-refractivity contribution in [2.45, 2.75) is 57.7 Å². The summed E-state index contributed by atoms with van der Waals surface area (Å²) >= 11 is 3.94. The zero-order chi connectivity index (χ0) is 34.1. The van der Waals surface area contributed by atoms with Crippen molar-refractivity contribution in [3.63, 3.8) is 0 Å². The molecular weight excluding hydrogens is 646 g/mol. The molecule has 0 spiro atoms. The number of hydrogen-bond acceptors (Lipinski definition) is 6. The summed E-state index contributed by atoms with van der Waals surface area (Å²) in [5.41, 5.74) is 20.3. The number of fused-ring (bicyclic) bond motifs is 9. The maximum absolute atomic E-state index is 6.81. The van der Waals surface area contributed by atoms with E-state index in [-0.39, 0.29) is 30.1 Å². The molecule has 8 heteroatoms. The molecule has 5 aromatic carbocycles. The summed E-state index contributed by atoms with van der Waals surface area (Å²) in [6.45, 7) is 5.48. The minimum atomic E-state index is 0.0423. The Hall–Kier alpha value is -3.71. The van der Waals surface area contributed by atoms with Crippen LogP contribution in [0.1, 0.15) is 51.1 Å². The number of rotatable bonds is 9. The molecular formula is C42H44B2N4S2. The molecule has 5 aromatic rings. The summed E-state index contributed by atoms with van der Waals surface area (Å²) in [7, 11) is 0. The molecule has 3 atom stereocenters. The van der Waals surface area contributed by atoms with Gasteiger partial charge in [0.2, 0.25) is 0 Å². The lowest BCUT2D eigenvalue weighted by Gasteiger charge is -2.57. The van der Waals surface area contributed by atoms with E-state index in [1.807, 2.05) is 23.2 Å². The van der Waals surface area contributed by atoms with E-state index >= 15 is 0 Å². The molecule has 3 N–H and O–H groups in total. The van der Waals surface area contributed by atoms with Crippen molar-refractivity contribution < 1.29 is 0 Å². The number of benzene rings is 5. The van der Waals surface area contributed by atoms with Crippen LogP contribution < -0.4 is 47.7 Å². The smallest absolute Gasteiger partial charge is 0.279 e. The second-order valence-corrected chi connectivity index (χ2v) is 16.1. The molecule has 3 heterocycles. The van der Waals surface area contributed by atoms with E-state index in [9.17, 15) is 0 Å². The number of anilines is 5. The quantitative estimate of drug-likeness (QED) is 0.138. The monoisotopic (exact) mass is 690 g/mol. The Bertz CT molecular complexity index is 2270. The van der Waals surface area contributed by atoms with Gasteiger partial charge in [0.05, 0.1) is 23.5 Å². The standard InChI is InChI=1S/C42H44B2N4S2/c1-5-7-21-46-29-18-20-36-33(25-29)44(50-4)40-31-16-11-9-14-27(31)23-37-42(40)48(36)38-24-26-13-8-10-15-30(26)39-41(38)47(37)35-19-17-28(34(45)12-6-2)22-32(35)43(39)49-3/h8-11,13-20,22-25,34,38,41,46H,5-7,12,21,45H2,1-4H3. The first-order valence-corrected chi connectivity index (χ1v) is 20.9. The molecule has 0 bridgehead atoms. The molecule has 0 saturated heterocycles.